The van der Waals surface area contributed by atoms with Crippen LogP contribution < -0.4 is 16.8 Å². The van der Waals surface area contributed by atoms with E-state index < -0.39 is 0 Å². The van der Waals surface area contributed by atoms with Crippen molar-refractivity contribution in [2.75, 3.05) is 19.7 Å². The number of hydrogen-bond donors (Lipinski definition) is 4. The molecule has 0 aromatic rings. The Balaban J connectivity index is 1.69. The summed E-state index contributed by atoms with van der Waals surface area (Å²) >= 11 is 0. The van der Waals surface area contributed by atoms with E-state index in [-0.39, 0.29) is 17.6 Å². The predicted molar refractivity (Wildman–Crippen MR) is 114 cm³/mol. The van der Waals surface area contributed by atoms with Crippen LogP contribution >= 0.6 is 0 Å². The Hall–Kier alpha value is -1.69. The van der Waals surface area contributed by atoms with Crippen LogP contribution in [0.15, 0.2) is 23.7 Å². The third-order valence-electron chi connectivity index (χ3n) is 6.14. The van der Waals surface area contributed by atoms with E-state index in [0.29, 0.717) is 12.4 Å². The summed E-state index contributed by atoms with van der Waals surface area (Å²) in [5, 5.41) is 11.9. The van der Waals surface area contributed by atoms with Crippen LogP contribution in [0.3, 0.4) is 0 Å². The molecule has 1 amide bonds. The molecule has 28 heavy (non-hydrogen) atoms. The Morgan fingerprint density at radius 3 is 2.32 bits per heavy atom. The zero-order chi connectivity index (χ0) is 20.2. The van der Waals surface area contributed by atoms with E-state index in [4.69, 9.17) is 16.6 Å². The molecule has 2 aliphatic rings. The van der Waals surface area contributed by atoms with E-state index in [0.717, 1.165) is 57.5 Å². The van der Waals surface area contributed by atoms with Crippen molar-refractivity contribution in [1.29, 1.82) is 0 Å². The fraction of sp³-hybridized carbons (Fsp3) is 0.773. The number of aliphatic hydroxyl groups excluding tert-OH is 1. The molecule has 0 radical (unpaired) electrons. The highest BCUT2D eigenvalue weighted by Crippen LogP contribution is 2.24. The lowest BCUT2D eigenvalue weighted by atomic mass is 9.91. The third-order valence-corrected chi connectivity index (χ3v) is 6.14. The van der Waals surface area contributed by atoms with E-state index in [1.165, 1.54) is 38.5 Å². The predicted octanol–water partition coefficient (Wildman–Crippen LogP) is 2.73. The molecule has 2 rings (SSSR count). The van der Waals surface area contributed by atoms with Crippen LogP contribution in [0.4, 0.5) is 0 Å². The summed E-state index contributed by atoms with van der Waals surface area (Å²) < 4.78 is 0. The van der Waals surface area contributed by atoms with Crippen LogP contribution in [0, 0.1) is 5.92 Å². The normalized spacial score (nSPS) is 20.4. The van der Waals surface area contributed by atoms with Crippen molar-refractivity contribution in [3.8, 4) is 0 Å². The van der Waals surface area contributed by atoms with Crippen molar-refractivity contribution in [3.05, 3.63) is 23.7 Å². The molecule has 6 heteroatoms. The number of likely N-dealkylation sites (tertiary alicyclic amines) is 1. The molecule has 0 spiro atoms. The molecule has 1 saturated carbocycles. The molecule has 6 N–H and O–H groups in total. The van der Waals surface area contributed by atoms with Crippen molar-refractivity contribution in [2.24, 2.45) is 17.4 Å². The molecule has 0 unspecified atom stereocenters. The Kier molecular flexibility index (Phi) is 10.3. The summed E-state index contributed by atoms with van der Waals surface area (Å²) in [5.74, 6) is 1.28. The molecule has 1 aliphatic heterocycles. The van der Waals surface area contributed by atoms with Crippen LogP contribution in [-0.2, 0) is 4.79 Å². The molecule has 1 heterocycles. The molecule has 0 aromatic carbocycles. The first-order chi connectivity index (χ1) is 13.6. The molecule has 0 atom stereocenters. The van der Waals surface area contributed by atoms with Gasteiger partial charge in [0.05, 0.1) is 11.5 Å². The number of allylic oxidation sites excluding steroid dienone is 2. The summed E-state index contributed by atoms with van der Waals surface area (Å²) in [6.45, 7) is 2.24. The van der Waals surface area contributed by atoms with Crippen LogP contribution in [0.5, 0.6) is 0 Å². The maximum absolute atomic E-state index is 12.2. The molecule has 0 bridgehead atoms. The fourth-order valence-corrected chi connectivity index (χ4v) is 4.25. The van der Waals surface area contributed by atoms with Gasteiger partial charge in [-0.1, -0.05) is 44.9 Å². The van der Waals surface area contributed by atoms with Gasteiger partial charge in [0.15, 0.2) is 0 Å². The molecule has 0 aromatic heterocycles. The van der Waals surface area contributed by atoms with E-state index in [9.17, 15) is 4.79 Å². The number of unbranched alkanes of at least 4 members (excludes halogenated alkanes) is 3. The first-order valence-corrected chi connectivity index (χ1v) is 11.2. The maximum Gasteiger partial charge on any atom is 0.267 e. The molecule has 160 valence electrons. The van der Waals surface area contributed by atoms with Crippen molar-refractivity contribution in [1.82, 2.24) is 10.2 Å². The lowest BCUT2D eigenvalue weighted by Gasteiger charge is -2.33. The van der Waals surface area contributed by atoms with Crippen molar-refractivity contribution >= 4 is 5.91 Å². The van der Waals surface area contributed by atoms with Gasteiger partial charge in [0.2, 0.25) is 0 Å². The zero-order valence-corrected chi connectivity index (χ0v) is 17.4. The lowest BCUT2D eigenvalue weighted by Crippen LogP contribution is -2.38. The molecular formula is C22H40N4O2. The highest BCUT2D eigenvalue weighted by atomic mass is 16.2. The summed E-state index contributed by atoms with van der Waals surface area (Å²) in [6, 6.07) is 0.261. The second-order valence-corrected chi connectivity index (χ2v) is 8.38. The summed E-state index contributed by atoms with van der Waals surface area (Å²) in [5.41, 5.74) is 12.4. The average molecular weight is 393 g/mol. The Morgan fingerprint density at radius 1 is 0.964 bits per heavy atom. The van der Waals surface area contributed by atoms with Gasteiger partial charge < -0.3 is 26.8 Å². The van der Waals surface area contributed by atoms with Crippen molar-refractivity contribution in [2.45, 2.75) is 83.1 Å². The highest BCUT2D eigenvalue weighted by Gasteiger charge is 2.19. The van der Waals surface area contributed by atoms with Gasteiger partial charge in [-0.05, 0) is 50.2 Å². The van der Waals surface area contributed by atoms with E-state index >= 15 is 0 Å². The minimum atomic E-state index is -0.184. The SMILES string of the molecule is N/C(=C\C=C(/N)N1CCC(CCCCCCO)CC1)C(=O)NC1CCCCC1. The first kappa shape index (κ1) is 22.6. The van der Waals surface area contributed by atoms with Gasteiger partial charge in [-0.3, -0.25) is 4.79 Å². The van der Waals surface area contributed by atoms with Gasteiger partial charge >= 0.3 is 0 Å². The minimum absolute atomic E-state index is 0.184. The largest absolute Gasteiger partial charge is 0.396 e. The quantitative estimate of drug-likeness (QED) is 0.260. The maximum atomic E-state index is 12.2. The number of carbonyl (C=O) groups is 1. The molecule has 1 aliphatic carbocycles. The van der Waals surface area contributed by atoms with Gasteiger partial charge in [-0.25, -0.2) is 0 Å². The van der Waals surface area contributed by atoms with Crippen LogP contribution in [0.1, 0.15) is 77.0 Å². The number of nitrogens with two attached hydrogens (primary N) is 2. The third kappa shape index (κ3) is 8.13. The van der Waals surface area contributed by atoms with Gasteiger partial charge in [-0.2, -0.15) is 0 Å². The second-order valence-electron chi connectivity index (χ2n) is 8.38. The van der Waals surface area contributed by atoms with Crippen molar-refractivity contribution in [3.63, 3.8) is 0 Å². The summed E-state index contributed by atoms with van der Waals surface area (Å²) in [6.07, 6.45) is 17.3. The minimum Gasteiger partial charge on any atom is -0.396 e. The first-order valence-electron chi connectivity index (χ1n) is 11.2. The van der Waals surface area contributed by atoms with Gasteiger partial charge in [-0.15, -0.1) is 0 Å². The standard InChI is InChI=1S/C22H40N4O2/c23-20(22(28)25-19-9-5-3-6-10-19)11-12-21(24)26-15-13-18(14-16-26)8-4-1-2-7-17-27/h11-12,18-19,27H,1-10,13-17,23-24H2,(H,25,28)/b20-11-,21-12+. The number of aliphatic hydroxyl groups is 1. The second kappa shape index (κ2) is 12.7. The molecule has 1 saturated heterocycles. The monoisotopic (exact) mass is 392 g/mol. The molecular weight excluding hydrogens is 352 g/mol. The Bertz CT molecular complexity index is 519. The zero-order valence-electron chi connectivity index (χ0n) is 17.4. The van der Waals surface area contributed by atoms with Gasteiger partial charge in [0, 0.05) is 25.7 Å². The number of carbonyl (C=O) groups excluding carboxylic acids is 1. The molecule has 6 nitrogen and oxygen atoms in total. The van der Waals surface area contributed by atoms with Crippen LogP contribution in [-0.4, -0.2) is 41.7 Å². The Morgan fingerprint density at radius 2 is 1.64 bits per heavy atom. The number of rotatable bonds is 10. The summed E-state index contributed by atoms with van der Waals surface area (Å²) in [7, 11) is 0. The van der Waals surface area contributed by atoms with E-state index in [1.807, 2.05) is 0 Å². The topological polar surface area (TPSA) is 105 Å². The summed E-state index contributed by atoms with van der Waals surface area (Å²) in [4.78, 5) is 14.4. The van der Waals surface area contributed by atoms with Gasteiger partial charge in [0.25, 0.3) is 5.91 Å². The fourth-order valence-electron chi connectivity index (χ4n) is 4.25. The molecule has 2 fully saturated rings. The Labute approximate surface area is 170 Å². The van der Waals surface area contributed by atoms with E-state index in [1.54, 1.807) is 12.2 Å². The van der Waals surface area contributed by atoms with Gasteiger partial charge in [0.1, 0.15) is 0 Å². The van der Waals surface area contributed by atoms with Crippen LogP contribution in [0.25, 0.3) is 0 Å². The number of nitrogens with one attached hydrogen (secondary N) is 1. The number of amides is 1. The van der Waals surface area contributed by atoms with Crippen molar-refractivity contribution < 1.29 is 9.90 Å². The smallest absolute Gasteiger partial charge is 0.267 e. The number of piperidine rings is 1. The number of nitrogens with zero attached hydrogens (tertiary/aromatic N) is 1. The van der Waals surface area contributed by atoms with Crippen LogP contribution in [0.2, 0.25) is 0 Å². The van der Waals surface area contributed by atoms with E-state index in [2.05, 4.69) is 10.2 Å². The average Bonchev–Trinajstić information content (AvgIpc) is 2.72. The lowest BCUT2D eigenvalue weighted by molar-refractivity contribution is -0.118. The highest BCUT2D eigenvalue weighted by molar-refractivity contribution is 5.92. The number of hydrogen-bond acceptors (Lipinski definition) is 5.